The fourth-order valence-electron chi connectivity index (χ4n) is 4.46. The Morgan fingerprint density at radius 1 is 1.07 bits per heavy atom. The largest absolute Gasteiger partial charge is 0.491 e. The lowest BCUT2D eigenvalue weighted by atomic mass is 9.88. The van der Waals surface area contributed by atoms with Crippen LogP contribution in [0.2, 0.25) is 0 Å². The summed E-state index contributed by atoms with van der Waals surface area (Å²) in [5, 5.41) is 10.7. The van der Waals surface area contributed by atoms with Crippen LogP contribution in [-0.4, -0.2) is 27.4 Å². The minimum Gasteiger partial charge on any atom is -0.491 e. The third kappa shape index (κ3) is 5.35. The van der Waals surface area contributed by atoms with Gasteiger partial charge in [0.05, 0.1) is 17.6 Å². The fraction of sp³-hybridized carbons (Fsp3) is 0.480. The Morgan fingerprint density at radius 3 is 2.53 bits per heavy atom. The standard InChI is InChI=1S/C25H32N2O2.ClH/c1-2-8-19-13-15-22(16-14-19)29-18-21(28)17-27-24-12-7-6-11-23(24)26-25(27)20-9-4-3-5-10-20;/h6-7,11-16,20-21,28H,2-5,8-10,17-18H2,1H3;1H. The highest BCUT2D eigenvalue weighted by Gasteiger charge is 2.23. The summed E-state index contributed by atoms with van der Waals surface area (Å²) < 4.78 is 8.09. The summed E-state index contributed by atoms with van der Waals surface area (Å²) in [4.78, 5) is 4.95. The first-order valence-corrected chi connectivity index (χ1v) is 11.1. The maximum Gasteiger partial charge on any atom is 0.119 e. The van der Waals surface area contributed by atoms with E-state index in [-0.39, 0.29) is 19.0 Å². The Morgan fingerprint density at radius 2 is 1.80 bits per heavy atom. The molecule has 1 fully saturated rings. The Labute approximate surface area is 185 Å². The number of para-hydroxylation sites is 2. The third-order valence-electron chi connectivity index (χ3n) is 5.95. The molecule has 3 aromatic rings. The van der Waals surface area contributed by atoms with Gasteiger partial charge in [-0.3, -0.25) is 0 Å². The zero-order valence-electron chi connectivity index (χ0n) is 17.8. The second kappa shape index (κ2) is 10.8. The van der Waals surface area contributed by atoms with Crippen LogP contribution < -0.4 is 4.74 Å². The van der Waals surface area contributed by atoms with Crippen LogP contribution >= 0.6 is 12.4 Å². The van der Waals surface area contributed by atoms with E-state index in [4.69, 9.17) is 9.72 Å². The van der Waals surface area contributed by atoms with Gasteiger partial charge in [0.15, 0.2) is 0 Å². The van der Waals surface area contributed by atoms with E-state index < -0.39 is 6.10 Å². The minimum absolute atomic E-state index is 0. The Hall–Kier alpha value is -2.04. The van der Waals surface area contributed by atoms with E-state index >= 15 is 0 Å². The summed E-state index contributed by atoms with van der Waals surface area (Å²) in [5.74, 6) is 2.44. The predicted molar refractivity (Wildman–Crippen MR) is 125 cm³/mol. The van der Waals surface area contributed by atoms with Crippen molar-refractivity contribution in [3.8, 4) is 5.75 Å². The average Bonchev–Trinajstić information content (AvgIpc) is 3.12. The van der Waals surface area contributed by atoms with E-state index in [0.717, 1.165) is 35.4 Å². The normalized spacial score (nSPS) is 15.7. The molecule has 162 valence electrons. The van der Waals surface area contributed by atoms with Gasteiger partial charge in [0, 0.05) is 5.92 Å². The second-order valence-electron chi connectivity index (χ2n) is 8.26. The molecule has 1 heterocycles. The van der Waals surface area contributed by atoms with Gasteiger partial charge in [-0.25, -0.2) is 4.98 Å². The highest BCUT2D eigenvalue weighted by Crippen LogP contribution is 2.34. The number of nitrogens with zero attached hydrogens (tertiary/aromatic N) is 2. The molecule has 2 aromatic carbocycles. The van der Waals surface area contributed by atoms with Crippen molar-refractivity contribution in [2.24, 2.45) is 0 Å². The van der Waals surface area contributed by atoms with Crippen LogP contribution in [0.5, 0.6) is 5.75 Å². The third-order valence-corrected chi connectivity index (χ3v) is 5.95. The molecule has 30 heavy (non-hydrogen) atoms. The number of aliphatic hydroxyl groups is 1. The van der Waals surface area contributed by atoms with E-state index in [0.29, 0.717) is 12.5 Å². The van der Waals surface area contributed by atoms with E-state index in [1.54, 1.807) is 0 Å². The molecule has 0 spiro atoms. The molecule has 4 rings (SSSR count). The molecular weight excluding hydrogens is 396 g/mol. The number of aromatic nitrogens is 2. The number of hydrogen-bond acceptors (Lipinski definition) is 3. The molecular formula is C25H33ClN2O2. The van der Waals surface area contributed by atoms with Crippen LogP contribution in [0.1, 0.15) is 62.8 Å². The first kappa shape index (κ1) is 22.6. The van der Waals surface area contributed by atoms with Crippen molar-refractivity contribution < 1.29 is 9.84 Å². The summed E-state index contributed by atoms with van der Waals surface area (Å²) in [7, 11) is 0. The molecule has 0 radical (unpaired) electrons. The summed E-state index contributed by atoms with van der Waals surface area (Å²) >= 11 is 0. The van der Waals surface area contributed by atoms with Gasteiger partial charge < -0.3 is 14.4 Å². The van der Waals surface area contributed by atoms with E-state index in [1.165, 1.54) is 37.7 Å². The van der Waals surface area contributed by atoms with Crippen molar-refractivity contribution in [2.75, 3.05) is 6.61 Å². The number of aryl methyl sites for hydroxylation is 1. The summed E-state index contributed by atoms with van der Waals surface area (Å²) in [6.07, 6.45) is 7.90. The van der Waals surface area contributed by atoms with Gasteiger partial charge in [-0.05, 0) is 49.1 Å². The molecule has 0 bridgehead atoms. The van der Waals surface area contributed by atoms with Crippen molar-refractivity contribution in [3.63, 3.8) is 0 Å². The van der Waals surface area contributed by atoms with Gasteiger partial charge in [0.2, 0.25) is 0 Å². The molecule has 1 aliphatic carbocycles. The number of benzene rings is 2. The smallest absolute Gasteiger partial charge is 0.119 e. The summed E-state index contributed by atoms with van der Waals surface area (Å²) in [6, 6.07) is 16.5. The van der Waals surface area contributed by atoms with Gasteiger partial charge in [0.1, 0.15) is 24.3 Å². The van der Waals surface area contributed by atoms with Gasteiger partial charge in [0.25, 0.3) is 0 Å². The maximum absolute atomic E-state index is 10.7. The molecule has 0 saturated heterocycles. The first-order valence-electron chi connectivity index (χ1n) is 11.1. The molecule has 1 aromatic heterocycles. The lowest BCUT2D eigenvalue weighted by Gasteiger charge is -2.23. The number of rotatable bonds is 8. The van der Waals surface area contributed by atoms with Crippen LogP contribution in [0, 0.1) is 0 Å². The second-order valence-corrected chi connectivity index (χ2v) is 8.26. The number of imidazole rings is 1. The van der Waals surface area contributed by atoms with E-state index in [1.807, 2.05) is 24.3 Å². The van der Waals surface area contributed by atoms with Crippen molar-refractivity contribution in [1.29, 1.82) is 0 Å². The molecule has 1 N–H and O–H groups in total. The zero-order chi connectivity index (χ0) is 20.1. The lowest BCUT2D eigenvalue weighted by molar-refractivity contribution is 0.0922. The monoisotopic (exact) mass is 428 g/mol. The van der Waals surface area contributed by atoms with Gasteiger partial charge in [-0.15, -0.1) is 12.4 Å². The Bertz CT molecular complexity index is 917. The highest BCUT2D eigenvalue weighted by atomic mass is 35.5. The molecule has 1 aliphatic rings. The van der Waals surface area contributed by atoms with Crippen LogP contribution in [0.3, 0.4) is 0 Å². The highest BCUT2D eigenvalue weighted by molar-refractivity contribution is 5.85. The SMILES string of the molecule is CCCc1ccc(OCC(O)Cn2c(C3CCCCC3)nc3ccccc32)cc1.Cl. The number of hydrogen-bond donors (Lipinski definition) is 1. The number of aliphatic hydroxyl groups excluding tert-OH is 1. The quantitative estimate of drug-likeness (QED) is 0.486. The van der Waals surface area contributed by atoms with Gasteiger partial charge >= 0.3 is 0 Å². The van der Waals surface area contributed by atoms with E-state index in [2.05, 4.69) is 35.8 Å². The Kier molecular flexibility index (Phi) is 8.17. The maximum atomic E-state index is 10.7. The molecule has 4 nitrogen and oxygen atoms in total. The zero-order valence-corrected chi connectivity index (χ0v) is 18.6. The number of halogens is 1. The first-order chi connectivity index (χ1) is 14.2. The molecule has 5 heteroatoms. The molecule has 0 aliphatic heterocycles. The summed E-state index contributed by atoms with van der Waals surface area (Å²) in [6.45, 7) is 2.98. The van der Waals surface area contributed by atoms with Crippen molar-refractivity contribution in [3.05, 3.63) is 59.9 Å². The average molecular weight is 429 g/mol. The molecule has 1 saturated carbocycles. The van der Waals surface area contributed by atoms with Crippen molar-refractivity contribution >= 4 is 23.4 Å². The number of fused-ring (bicyclic) bond motifs is 1. The van der Waals surface area contributed by atoms with Crippen LogP contribution in [-0.2, 0) is 13.0 Å². The minimum atomic E-state index is -0.578. The van der Waals surface area contributed by atoms with Gasteiger partial charge in [-0.2, -0.15) is 0 Å². The predicted octanol–water partition coefficient (Wildman–Crippen LogP) is 5.90. The van der Waals surface area contributed by atoms with E-state index in [9.17, 15) is 5.11 Å². The van der Waals surface area contributed by atoms with Crippen LogP contribution in [0.25, 0.3) is 11.0 Å². The Balaban J connectivity index is 0.00000256. The van der Waals surface area contributed by atoms with Crippen LogP contribution in [0.4, 0.5) is 0 Å². The molecule has 0 amide bonds. The number of ether oxygens (including phenoxy) is 1. The van der Waals surface area contributed by atoms with Crippen molar-refractivity contribution in [2.45, 2.75) is 70.4 Å². The van der Waals surface area contributed by atoms with Gasteiger partial charge in [-0.1, -0.05) is 56.9 Å². The fourth-order valence-corrected chi connectivity index (χ4v) is 4.46. The molecule has 1 atom stereocenters. The lowest BCUT2D eigenvalue weighted by Crippen LogP contribution is -2.25. The van der Waals surface area contributed by atoms with Crippen molar-refractivity contribution in [1.82, 2.24) is 9.55 Å². The molecule has 1 unspecified atom stereocenters. The van der Waals surface area contributed by atoms with Crippen LogP contribution in [0.15, 0.2) is 48.5 Å². The summed E-state index contributed by atoms with van der Waals surface area (Å²) in [5.41, 5.74) is 3.45. The topological polar surface area (TPSA) is 47.3 Å².